The molecule has 1 aromatic heterocycles. The average Bonchev–Trinajstić information content (AvgIpc) is 3.51. The predicted octanol–water partition coefficient (Wildman–Crippen LogP) is 3.47. The molecule has 0 saturated heterocycles. The molecular weight excluding hydrogens is 421 g/mol. The first-order valence-corrected chi connectivity index (χ1v) is 9.81. The van der Waals surface area contributed by atoms with Crippen molar-refractivity contribution in [2.75, 3.05) is 6.54 Å². The lowest BCUT2D eigenvalue weighted by Gasteiger charge is -2.24. The summed E-state index contributed by atoms with van der Waals surface area (Å²) in [4.78, 5) is 28.9. The highest BCUT2D eigenvalue weighted by atomic mass is 35.5. The van der Waals surface area contributed by atoms with E-state index in [-0.39, 0.29) is 29.1 Å². The van der Waals surface area contributed by atoms with Crippen LogP contribution in [0, 0.1) is 5.92 Å². The summed E-state index contributed by atoms with van der Waals surface area (Å²) in [5.41, 5.74) is 0.389. The van der Waals surface area contributed by atoms with Gasteiger partial charge in [0.1, 0.15) is 5.15 Å². The molecule has 1 aliphatic carbocycles. The van der Waals surface area contributed by atoms with Gasteiger partial charge in [-0.05, 0) is 54.7 Å². The highest BCUT2D eigenvalue weighted by Gasteiger charge is 2.34. The second-order valence-electron chi connectivity index (χ2n) is 7.23. The van der Waals surface area contributed by atoms with Crippen LogP contribution in [0.4, 0.5) is 13.2 Å². The van der Waals surface area contributed by atoms with Crippen LogP contribution in [0.2, 0.25) is 5.15 Å². The van der Waals surface area contributed by atoms with Gasteiger partial charge in [0.25, 0.3) is 0 Å². The van der Waals surface area contributed by atoms with Gasteiger partial charge in [-0.3, -0.25) is 4.79 Å². The molecule has 160 valence electrons. The molecular formula is C21H19ClF3N2O3-. The molecule has 30 heavy (non-hydrogen) atoms. The van der Waals surface area contributed by atoms with Crippen molar-refractivity contribution < 1.29 is 27.9 Å². The van der Waals surface area contributed by atoms with Crippen molar-refractivity contribution in [3.05, 3.63) is 52.3 Å². The van der Waals surface area contributed by atoms with Crippen molar-refractivity contribution in [1.29, 1.82) is 0 Å². The third kappa shape index (κ3) is 5.11. The molecule has 0 N–H and O–H groups in total. The van der Waals surface area contributed by atoms with Crippen molar-refractivity contribution in [2.45, 2.75) is 38.9 Å². The number of hydrogen-bond acceptors (Lipinski definition) is 4. The van der Waals surface area contributed by atoms with Gasteiger partial charge in [0.05, 0.1) is 5.56 Å². The quantitative estimate of drug-likeness (QED) is 0.619. The Labute approximate surface area is 176 Å². The Hall–Kier alpha value is -2.61. The van der Waals surface area contributed by atoms with Gasteiger partial charge in [-0.15, -0.1) is 0 Å². The molecule has 1 fully saturated rings. The summed E-state index contributed by atoms with van der Waals surface area (Å²) >= 11 is 6.19. The molecule has 0 atom stereocenters. The molecule has 0 bridgehead atoms. The third-order valence-corrected chi connectivity index (χ3v) is 5.25. The molecule has 0 aliphatic heterocycles. The number of aromatic nitrogens is 1. The lowest BCUT2D eigenvalue weighted by Crippen LogP contribution is -2.31. The third-order valence-electron chi connectivity index (χ3n) is 4.95. The zero-order valence-electron chi connectivity index (χ0n) is 16.1. The van der Waals surface area contributed by atoms with E-state index in [4.69, 9.17) is 11.6 Å². The Morgan fingerprint density at radius 1 is 1.23 bits per heavy atom. The van der Waals surface area contributed by atoms with Crippen molar-refractivity contribution in [1.82, 2.24) is 9.88 Å². The maximum Gasteiger partial charge on any atom is 0.416 e. The molecule has 0 radical (unpaired) electrons. The van der Waals surface area contributed by atoms with Gasteiger partial charge >= 0.3 is 6.18 Å². The molecule has 5 nitrogen and oxygen atoms in total. The molecule has 1 amide bonds. The number of hydrogen-bond donors (Lipinski definition) is 0. The summed E-state index contributed by atoms with van der Waals surface area (Å²) < 4.78 is 39.9. The van der Waals surface area contributed by atoms with Gasteiger partial charge in [-0.2, -0.15) is 13.2 Å². The molecule has 9 heteroatoms. The number of carboxylic acid groups (broad SMARTS) is 1. The van der Waals surface area contributed by atoms with Crippen LogP contribution >= 0.6 is 11.6 Å². The van der Waals surface area contributed by atoms with E-state index in [1.165, 1.54) is 23.2 Å². The summed E-state index contributed by atoms with van der Waals surface area (Å²) in [5.74, 6) is -1.48. The van der Waals surface area contributed by atoms with Crippen molar-refractivity contribution in [2.24, 2.45) is 5.92 Å². The Morgan fingerprint density at radius 2 is 1.93 bits per heavy atom. The van der Waals surface area contributed by atoms with Crippen LogP contribution in [0.5, 0.6) is 0 Å². The Kier molecular flexibility index (Phi) is 6.36. The number of nitrogens with zero attached hydrogens (tertiary/aromatic N) is 2. The van der Waals surface area contributed by atoms with E-state index in [0.717, 1.165) is 25.0 Å². The summed E-state index contributed by atoms with van der Waals surface area (Å²) in [5, 5.41) is 10.9. The Morgan fingerprint density at radius 3 is 2.50 bits per heavy atom. The SMILES string of the molecule is CCN(Cc1cc(C(F)(F)F)ccc1-c1cc(CC(=O)[O-])cnc1Cl)C(=O)C1CC1. The van der Waals surface area contributed by atoms with Gasteiger partial charge in [0.2, 0.25) is 5.91 Å². The van der Waals surface area contributed by atoms with Crippen LogP contribution in [0.25, 0.3) is 11.1 Å². The number of pyridine rings is 1. The van der Waals surface area contributed by atoms with E-state index in [2.05, 4.69) is 4.98 Å². The second kappa shape index (κ2) is 8.63. The number of carbonyl (C=O) groups excluding carboxylic acids is 2. The summed E-state index contributed by atoms with van der Waals surface area (Å²) in [7, 11) is 0. The average molecular weight is 440 g/mol. The van der Waals surface area contributed by atoms with Crippen LogP contribution in [-0.4, -0.2) is 28.3 Å². The normalized spacial score (nSPS) is 13.9. The highest BCUT2D eigenvalue weighted by molar-refractivity contribution is 6.32. The second-order valence-corrected chi connectivity index (χ2v) is 7.59. The molecule has 1 aromatic carbocycles. The van der Waals surface area contributed by atoms with E-state index in [0.29, 0.717) is 23.2 Å². The monoisotopic (exact) mass is 439 g/mol. The number of rotatable bonds is 7. The van der Waals surface area contributed by atoms with E-state index in [1.807, 2.05) is 0 Å². The number of carbonyl (C=O) groups is 2. The van der Waals surface area contributed by atoms with Crippen LogP contribution in [0.15, 0.2) is 30.5 Å². The minimum Gasteiger partial charge on any atom is -0.550 e. The van der Waals surface area contributed by atoms with Gasteiger partial charge in [0.15, 0.2) is 0 Å². The van der Waals surface area contributed by atoms with Crippen LogP contribution < -0.4 is 5.11 Å². The smallest absolute Gasteiger partial charge is 0.416 e. The fourth-order valence-electron chi connectivity index (χ4n) is 3.25. The van der Waals surface area contributed by atoms with Crippen molar-refractivity contribution in [3.8, 4) is 11.1 Å². The first kappa shape index (κ1) is 22.1. The number of halogens is 4. The Bertz CT molecular complexity index is 974. The fourth-order valence-corrected chi connectivity index (χ4v) is 3.45. The van der Waals surface area contributed by atoms with Gasteiger partial charge < -0.3 is 14.8 Å². The minimum absolute atomic E-state index is 0.0217. The first-order valence-electron chi connectivity index (χ1n) is 9.43. The molecule has 0 spiro atoms. The number of aliphatic carboxylic acids is 1. The largest absolute Gasteiger partial charge is 0.550 e. The molecule has 1 heterocycles. The number of carboxylic acids is 1. The van der Waals surface area contributed by atoms with Crippen LogP contribution in [0.3, 0.4) is 0 Å². The van der Waals surface area contributed by atoms with E-state index in [1.54, 1.807) is 6.92 Å². The minimum atomic E-state index is -4.55. The summed E-state index contributed by atoms with van der Waals surface area (Å²) in [6.07, 6.45) is -2.12. The first-order chi connectivity index (χ1) is 14.1. The van der Waals surface area contributed by atoms with E-state index < -0.39 is 24.1 Å². The highest BCUT2D eigenvalue weighted by Crippen LogP contribution is 2.37. The van der Waals surface area contributed by atoms with Crippen LogP contribution in [0.1, 0.15) is 36.5 Å². The topological polar surface area (TPSA) is 73.3 Å². The molecule has 0 unspecified atom stereocenters. The Balaban J connectivity index is 2.07. The van der Waals surface area contributed by atoms with E-state index >= 15 is 0 Å². The zero-order chi connectivity index (χ0) is 22.1. The molecule has 1 saturated carbocycles. The number of alkyl halides is 3. The maximum atomic E-state index is 13.3. The van der Waals surface area contributed by atoms with Gasteiger partial charge in [-0.25, -0.2) is 4.98 Å². The lowest BCUT2D eigenvalue weighted by molar-refractivity contribution is -0.304. The zero-order valence-corrected chi connectivity index (χ0v) is 16.9. The molecule has 1 aliphatic rings. The van der Waals surface area contributed by atoms with Crippen LogP contribution in [-0.2, 0) is 28.7 Å². The summed E-state index contributed by atoms with van der Waals surface area (Å²) in [6, 6.07) is 4.68. The predicted molar refractivity (Wildman–Crippen MR) is 102 cm³/mol. The van der Waals surface area contributed by atoms with Crippen molar-refractivity contribution >= 4 is 23.5 Å². The molecule has 2 aromatic rings. The van der Waals surface area contributed by atoms with Crippen molar-refractivity contribution in [3.63, 3.8) is 0 Å². The maximum absolute atomic E-state index is 13.3. The number of benzene rings is 1. The summed E-state index contributed by atoms with van der Waals surface area (Å²) in [6.45, 7) is 2.09. The van der Waals surface area contributed by atoms with Gasteiger partial charge in [-0.1, -0.05) is 17.7 Å². The standard InChI is InChI=1S/C21H20ClF3N2O3/c1-2-27(20(30)13-3-4-13)11-14-9-15(21(23,24)25)5-6-16(14)17-7-12(8-18(28)29)10-26-19(17)22/h5-7,9-10,13H,2-4,8,11H2,1H3,(H,28,29)/p-1. The number of amides is 1. The lowest BCUT2D eigenvalue weighted by atomic mass is 9.96. The fraction of sp³-hybridized carbons (Fsp3) is 0.381. The van der Waals surface area contributed by atoms with E-state index in [9.17, 15) is 27.9 Å². The van der Waals surface area contributed by atoms with Gasteiger partial charge in [0, 0.05) is 43.2 Å². The molecule has 3 rings (SSSR count).